The Kier molecular flexibility index (Phi) is 8.30. The van der Waals surface area contributed by atoms with Crippen molar-refractivity contribution >= 4 is 27.7 Å². The van der Waals surface area contributed by atoms with Gasteiger partial charge in [-0.15, -0.1) is 0 Å². The van der Waals surface area contributed by atoms with E-state index in [1.54, 1.807) is 63.3 Å². The summed E-state index contributed by atoms with van der Waals surface area (Å²) >= 11 is 0. The first-order chi connectivity index (χ1) is 29.5. The minimum atomic E-state index is -0.803. The first-order valence-electron chi connectivity index (χ1n) is 20.7. The van der Waals surface area contributed by atoms with Crippen molar-refractivity contribution in [1.29, 1.82) is 0 Å². The molecular formula is C45H43FN10O5. The van der Waals surface area contributed by atoms with E-state index in [4.69, 9.17) is 14.4 Å². The summed E-state index contributed by atoms with van der Waals surface area (Å²) in [5.74, 6) is -0.392. The molecule has 1 saturated heterocycles. The maximum Gasteiger partial charge on any atom is 0.438 e. The fourth-order valence-electron chi connectivity index (χ4n) is 9.89. The summed E-state index contributed by atoms with van der Waals surface area (Å²) < 4.78 is 34.5. The van der Waals surface area contributed by atoms with E-state index >= 15 is 9.18 Å². The Morgan fingerprint density at radius 1 is 0.934 bits per heavy atom. The minimum Gasteiger partial charge on any atom is -0.381 e. The second-order valence-corrected chi connectivity index (χ2v) is 16.9. The molecule has 0 radical (unpaired) electrons. The van der Waals surface area contributed by atoms with E-state index in [1.807, 2.05) is 40.6 Å². The van der Waals surface area contributed by atoms with Gasteiger partial charge >= 0.3 is 11.4 Å². The Bertz CT molecular complexity index is 3180. The van der Waals surface area contributed by atoms with E-state index in [2.05, 4.69) is 40.4 Å². The van der Waals surface area contributed by atoms with Crippen LogP contribution in [0.3, 0.4) is 0 Å². The summed E-state index contributed by atoms with van der Waals surface area (Å²) in [5, 5.41) is 15.4. The number of hydrogen-bond donors (Lipinski definition) is 1. The molecule has 0 spiro atoms. The number of nitrogens with one attached hydrogen (secondary N) is 1. The molecule has 2 aliphatic heterocycles. The molecule has 2 atom stereocenters. The van der Waals surface area contributed by atoms with Crippen LogP contribution >= 0.6 is 0 Å². The van der Waals surface area contributed by atoms with Gasteiger partial charge < -0.3 is 14.2 Å². The molecule has 5 aromatic heterocycles. The third-order valence-electron chi connectivity index (χ3n) is 13.2. The molecule has 15 nitrogen and oxygen atoms in total. The number of carbonyl (C=O) groups excluding carboxylic acids is 1. The normalized spacial score (nSPS) is 19.3. The highest BCUT2D eigenvalue weighted by atomic mass is 19.1. The first kappa shape index (κ1) is 37.2. The highest BCUT2D eigenvalue weighted by Crippen LogP contribution is 2.56. The van der Waals surface area contributed by atoms with Gasteiger partial charge in [-0.05, 0) is 110 Å². The van der Waals surface area contributed by atoms with Crippen LogP contribution in [0.25, 0.3) is 44.4 Å². The van der Waals surface area contributed by atoms with Gasteiger partial charge in [0.05, 0.1) is 36.2 Å². The SMILES string of the molecule is Cc1cc(-c2nn3c(c2-n2ccn(-c4ccc5c(cnn5C)c4)c2=O)CN(C(=O)c2cc4cc(C5CCOCC5)ccc4n2C2(c4noc(=O)[nH]4)CC2C)CC3)cc(C)c1F. The van der Waals surface area contributed by atoms with Crippen LogP contribution in [-0.2, 0) is 30.4 Å². The van der Waals surface area contributed by atoms with E-state index in [0.717, 1.165) is 34.6 Å². The molecule has 310 valence electrons. The number of rotatable bonds is 7. The second-order valence-electron chi connectivity index (χ2n) is 16.9. The summed E-state index contributed by atoms with van der Waals surface area (Å²) in [6.45, 7) is 7.76. The van der Waals surface area contributed by atoms with Crippen molar-refractivity contribution in [1.82, 2.24) is 48.3 Å². The summed E-state index contributed by atoms with van der Waals surface area (Å²) in [7, 11) is 1.87. The Morgan fingerprint density at radius 2 is 1.69 bits per heavy atom. The van der Waals surface area contributed by atoms with Gasteiger partial charge in [-0.3, -0.25) is 32.8 Å². The molecule has 1 saturated carbocycles. The van der Waals surface area contributed by atoms with Crippen LogP contribution in [0.2, 0.25) is 0 Å². The molecular weight excluding hydrogens is 780 g/mol. The van der Waals surface area contributed by atoms with Gasteiger partial charge in [0.2, 0.25) is 0 Å². The zero-order valence-corrected chi connectivity index (χ0v) is 34.2. The molecule has 1 N–H and O–H groups in total. The molecule has 1 amide bonds. The lowest BCUT2D eigenvalue weighted by Crippen LogP contribution is -2.41. The number of halogens is 1. The van der Waals surface area contributed by atoms with E-state index in [9.17, 15) is 9.59 Å². The van der Waals surface area contributed by atoms with Crippen LogP contribution in [0.5, 0.6) is 0 Å². The molecule has 11 rings (SSSR count). The number of benzene rings is 3. The quantitative estimate of drug-likeness (QED) is 0.202. The number of hydrogen-bond acceptors (Lipinski definition) is 8. The van der Waals surface area contributed by atoms with Crippen LogP contribution in [-0.4, -0.2) is 74.0 Å². The highest BCUT2D eigenvalue weighted by molar-refractivity contribution is 5.99. The lowest BCUT2D eigenvalue weighted by Gasteiger charge is -2.30. The largest absolute Gasteiger partial charge is 0.438 e. The number of aromatic amines is 1. The van der Waals surface area contributed by atoms with Gasteiger partial charge in [-0.1, -0.05) is 18.1 Å². The van der Waals surface area contributed by atoms with Crippen molar-refractivity contribution in [3.05, 3.63) is 134 Å². The average Bonchev–Trinajstić information content (AvgIpc) is 3.89. The van der Waals surface area contributed by atoms with Gasteiger partial charge in [0.15, 0.2) is 5.82 Å². The minimum absolute atomic E-state index is 0.0416. The standard InChI is InChI=1S/C45H43FN10O5/c1-25-17-31(18-26(2)38(25)46)39-40(54-13-12-53(44(54)59)33-6-8-34-32(20-33)23-47-51(34)4)37-24-52(11-14-55(37)49-39)41(57)36-21-30-19-29(28-9-15-60-16-10-28)5-7-35(30)56(36)45(22-27(45)3)42-48-43(58)61-50-42/h5-8,12-13,17-21,23,27-28H,9-11,14-16,22,24H2,1-4H3,(H,48,50,58). The first-order valence-corrected chi connectivity index (χ1v) is 20.7. The van der Waals surface area contributed by atoms with Gasteiger partial charge in [-0.2, -0.15) is 10.2 Å². The van der Waals surface area contributed by atoms with E-state index < -0.39 is 11.3 Å². The summed E-state index contributed by atoms with van der Waals surface area (Å²) in [6, 6.07) is 17.6. The third kappa shape index (κ3) is 5.71. The number of imidazole rings is 1. The number of H-pyrrole nitrogens is 1. The maximum atomic E-state index is 15.2. The molecule has 2 fully saturated rings. The lowest BCUT2D eigenvalue weighted by atomic mass is 9.91. The summed E-state index contributed by atoms with van der Waals surface area (Å²) in [5.41, 5.74) is 6.26. The van der Waals surface area contributed by atoms with Crippen molar-refractivity contribution in [3.63, 3.8) is 0 Å². The van der Waals surface area contributed by atoms with Crippen LogP contribution < -0.4 is 11.4 Å². The second kappa shape index (κ2) is 13.6. The fourth-order valence-corrected chi connectivity index (χ4v) is 9.89. The monoisotopic (exact) mass is 822 g/mol. The predicted molar refractivity (Wildman–Crippen MR) is 224 cm³/mol. The Labute approximate surface area is 347 Å². The number of carbonyl (C=O) groups is 1. The molecule has 2 unspecified atom stereocenters. The van der Waals surface area contributed by atoms with Crippen LogP contribution in [0.4, 0.5) is 4.39 Å². The number of nitrogens with zero attached hydrogens (tertiary/aromatic N) is 9. The van der Waals surface area contributed by atoms with Gasteiger partial charge in [0.1, 0.15) is 28.4 Å². The molecule has 16 heteroatoms. The van der Waals surface area contributed by atoms with Gasteiger partial charge in [0.25, 0.3) is 5.91 Å². The van der Waals surface area contributed by atoms with Crippen molar-refractivity contribution in [2.24, 2.45) is 13.0 Å². The lowest BCUT2D eigenvalue weighted by molar-refractivity contribution is 0.0692. The van der Waals surface area contributed by atoms with Crippen molar-refractivity contribution in [3.8, 4) is 22.6 Å². The number of aromatic nitrogens is 9. The van der Waals surface area contributed by atoms with E-state index in [1.165, 1.54) is 5.56 Å². The molecule has 3 aliphatic rings. The Morgan fingerprint density at radius 3 is 2.43 bits per heavy atom. The summed E-state index contributed by atoms with van der Waals surface area (Å²) in [4.78, 5) is 46.7. The molecule has 8 aromatic rings. The highest BCUT2D eigenvalue weighted by Gasteiger charge is 2.59. The average molecular weight is 823 g/mol. The number of amides is 1. The van der Waals surface area contributed by atoms with Crippen LogP contribution in [0.1, 0.15) is 70.8 Å². The number of ether oxygens (including phenoxy) is 1. The predicted octanol–water partition coefficient (Wildman–Crippen LogP) is 6.10. The third-order valence-corrected chi connectivity index (χ3v) is 13.2. The molecule has 0 bridgehead atoms. The molecule has 1 aliphatic carbocycles. The Hall–Kier alpha value is -6.81. The van der Waals surface area contributed by atoms with Crippen LogP contribution in [0.15, 0.2) is 87.3 Å². The van der Waals surface area contributed by atoms with Crippen molar-refractivity contribution in [2.45, 2.75) is 64.6 Å². The van der Waals surface area contributed by atoms with Crippen LogP contribution in [0, 0.1) is 25.6 Å². The zero-order chi connectivity index (χ0) is 41.9. The topological polar surface area (TPSA) is 156 Å². The number of fused-ring (bicyclic) bond motifs is 3. The smallest absolute Gasteiger partial charge is 0.381 e. The summed E-state index contributed by atoms with van der Waals surface area (Å²) in [6.07, 6.45) is 7.69. The fraction of sp³-hybridized carbons (Fsp3) is 0.333. The Balaban J connectivity index is 1.04. The maximum absolute atomic E-state index is 15.2. The van der Waals surface area contributed by atoms with Gasteiger partial charge in [0, 0.05) is 61.1 Å². The molecule has 61 heavy (non-hydrogen) atoms. The van der Waals surface area contributed by atoms with Crippen molar-refractivity contribution < 1.29 is 18.4 Å². The number of aryl methyl sites for hydroxylation is 3. The molecule has 7 heterocycles. The van der Waals surface area contributed by atoms with Crippen molar-refractivity contribution in [2.75, 3.05) is 19.8 Å². The zero-order valence-electron chi connectivity index (χ0n) is 34.2. The van der Waals surface area contributed by atoms with E-state index in [-0.39, 0.29) is 29.9 Å². The van der Waals surface area contributed by atoms with E-state index in [0.29, 0.717) is 89.6 Å². The molecule has 3 aromatic carbocycles. The van der Waals surface area contributed by atoms with Gasteiger partial charge in [-0.25, -0.2) is 14.0 Å².